The lowest BCUT2D eigenvalue weighted by atomic mass is 9.96. The number of hydrogen-bond donors (Lipinski definition) is 1. The average Bonchev–Trinajstić information content (AvgIpc) is 2.77. The predicted octanol–water partition coefficient (Wildman–Crippen LogP) is 2.87. The third-order valence-electron chi connectivity index (χ3n) is 3.51. The van der Waals surface area contributed by atoms with E-state index in [0.717, 1.165) is 12.8 Å². The van der Waals surface area contributed by atoms with Crippen LogP contribution in [0.5, 0.6) is 0 Å². The number of nitrogens with two attached hydrogens (primary N) is 1. The van der Waals surface area contributed by atoms with Crippen LogP contribution < -0.4 is 5.73 Å². The maximum Gasteiger partial charge on any atom is 0.344 e. The first-order valence-electron chi connectivity index (χ1n) is 6.78. The molecule has 2 rings (SSSR count). The number of esters is 1. The summed E-state index contributed by atoms with van der Waals surface area (Å²) in [4.78, 5) is 12.0. The Hall–Kier alpha value is -1.17. The van der Waals surface area contributed by atoms with Gasteiger partial charge in [-0.1, -0.05) is 19.3 Å². The number of thioether (sulfide) groups is 1. The molecular weight excluding hydrogens is 262 g/mol. The molecule has 0 unspecified atom stereocenters. The van der Waals surface area contributed by atoms with E-state index in [4.69, 9.17) is 10.5 Å². The average molecular weight is 283 g/mol. The first-order valence-corrected chi connectivity index (χ1v) is 8.00. The minimum Gasteiger partial charge on any atom is -0.462 e. The largest absolute Gasteiger partial charge is 0.462 e. The third-order valence-corrected chi connectivity index (χ3v) is 4.18. The van der Waals surface area contributed by atoms with Gasteiger partial charge in [0.15, 0.2) is 0 Å². The first kappa shape index (κ1) is 14.2. The molecule has 0 saturated heterocycles. The molecule has 106 valence electrons. The Labute approximate surface area is 117 Å². The van der Waals surface area contributed by atoms with E-state index in [1.165, 1.54) is 31.0 Å². The number of nitrogen functional groups attached to an aromatic ring is 1. The molecule has 1 aromatic heterocycles. The molecule has 1 aromatic rings. The lowest BCUT2D eigenvalue weighted by molar-refractivity contribution is 0.0523. The zero-order chi connectivity index (χ0) is 13.8. The van der Waals surface area contributed by atoms with Crippen LogP contribution in [-0.2, 0) is 4.74 Å². The first-order chi connectivity index (χ1) is 9.19. The van der Waals surface area contributed by atoms with Crippen LogP contribution in [0, 0.1) is 0 Å². The van der Waals surface area contributed by atoms with Crippen LogP contribution in [0.15, 0.2) is 5.03 Å². The van der Waals surface area contributed by atoms with E-state index in [1.54, 1.807) is 6.92 Å². The van der Waals surface area contributed by atoms with Crippen molar-refractivity contribution in [3.05, 3.63) is 5.56 Å². The number of ether oxygens (including phenoxy) is 1. The van der Waals surface area contributed by atoms with Crippen molar-refractivity contribution in [2.45, 2.75) is 50.1 Å². The van der Waals surface area contributed by atoms with Gasteiger partial charge >= 0.3 is 5.97 Å². The third kappa shape index (κ3) is 2.88. The van der Waals surface area contributed by atoms with E-state index in [-0.39, 0.29) is 5.97 Å². The second kappa shape index (κ2) is 6.32. The van der Waals surface area contributed by atoms with E-state index in [2.05, 4.69) is 5.10 Å². The number of aromatic nitrogens is 2. The summed E-state index contributed by atoms with van der Waals surface area (Å²) in [6.45, 7) is 2.14. The normalized spacial score (nSPS) is 16.5. The standard InChI is InChI=1S/C13H21N3O2S/c1-3-18-13(17)10-11(14)16(15-12(10)19-2)9-7-5-4-6-8-9/h9H,3-8,14H2,1-2H3. The van der Waals surface area contributed by atoms with E-state index >= 15 is 0 Å². The fourth-order valence-electron chi connectivity index (χ4n) is 2.57. The summed E-state index contributed by atoms with van der Waals surface area (Å²) in [5.41, 5.74) is 6.56. The SMILES string of the molecule is CCOC(=O)c1c(SC)nn(C2CCCCC2)c1N. The Morgan fingerprint density at radius 2 is 2.16 bits per heavy atom. The van der Waals surface area contributed by atoms with Gasteiger partial charge in [0.05, 0.1) is 12.6 Å². The van der Waals surface area contributed by atoms with Gasteiger partial charge < -0.3 is 10.5 Å². The van der Waals surface area contributed by atoms with Crippen molar-refractivity contribution >= 4 is 23.5 Å². The van der Waals surface area contributed by atoms with Gasteiger partial charge in [0, 0.05) is 0 Å². The molecule has 0 radical (unpaired) electrons. The van der Waals surface area contributed by atoms with Crippen molar-refractivity contribution in [1.82, 2.24) is 9.78 Å². The highest BCUT2D eigenvalue weighted by atomic mass is 32.2. The Balaban J connectivity index is 2.32. The molecule has 0 atom stereocenters. The number of anilines is 1. The van der Waals surface area contributed by atoms with Gasteiger partial charge in [0.2, 0.25) is 0 Å². The number of rotatable bonds is 4. The number of hydrogen-bond acceptors (Lipinski definition) is 5. The Morgan fingerprint density at radius 1 is 1.47 bits per heavy atom. The lowest BCUT2D eigenvalue weighted by Crippen LogP contribution is -2.17. The van der Waals surface area contributed by atoms with Crippen molar-refractivity contribution in [2.24, 2.45) is 0 Å². The molecule has 0 aliphatic heterocycles. The van der Waals surface area contributed by atoms with Crippen molar-refractivity contribution < 1.29 is 9.53 Å². The minimum absolute atomic E-state index is 0.322. The minimum atomic E-state index is -0.369. The fourth-order valence-corrected chi connectivity index (χ4v) is 3.13. The van der Waals surface area contributed by atoms with Crippen LogP contribution in [0.4, 0.5) is 5.82 Å². The van der Waals surface area contributed by atoms with Gasteiger partial charge in [0.1, 0.15) is 16.4 Å². The molecule has 1 heterocycles. The van der Waals surface area contributed by atoms with Gasteiger partial charge in [-0.05, 0) is 26.0 Å². The smallest absolute Gasteiger partial charge is 0.344 e. The highest BCUT2D eigenvalue weighted by Gasteiger charge is 2.27. The molecule has 0 aromatic carbocycles. The molecule has 0 amide bonds. The molecule has 6 heteroatoms. The van der Waals surface area contributed by atoms with Crippen LogP contribution in [0.3, 0.4) is 0 Å². The highest BCUT2D eigenvalue weighted by Crippen LogP contribution is 2.34. The van der Waals surface area contributed by atoms with Crippen LogP contribution in [0.25, 0.3) is 0 Å². The molecule has 0 bridgehead atoms. The molecule has 2 N–H and O–H groups in total. The van der Waals surface area contributed by atoms with Gasteiger partial charge in [-0.3, -0.25) is 0 Å². The summed E-state index contributed by atoms with van der Waals surface area (Å²) in [5, 5.41) is 5.18. The van der Waals surface area contributed by atoms with Crippen LogP contribution >= 0.6 is 11.8 Å². The molecule has 0 spiro atoms. The second-order valence-corrected chi connectivity index (χ2v) is 5.52. The molecule has 1 saturated carbocycles. The lowest BCUT2D eigenvalue weighted by Gasteiger charge is -2.22. The van der Waals surface area contributed by atoms with Gasteiger partial charge in [-0.25, -0.2) is 9.48 Å². The summed E-state index contributed by atoms with van der Waals surface area (Å²) in [6.07, 6.45) is 7.75. The van der Waals surface area contributed by atoms with Crippen LogP contribution in [0.1, 0.15) is 55.4 Å². The maximum atomic E-state index is 12.0. The summed E-state index contributed by atoms with van der Waals surface area (Å²) >= 11 is 1.44. The summed E-state index contributed by atoms with van der Waals surface area (Å²) < 4.78 is 6.90. The van der Waals surface area contributed by atoms with E-state index in [1.807, 2.05) is 10.9 Å². The summed E-state index contributed by atoms with van der Waals surface area (Å²) in [7, 11) is 0. The Kier molecular flexibility index (Phi) is 4.74. The predicted molar refractivity (Wildman–Crippen MR) is 76.5 cm³/mol. The van der Waals surface area contributed by atoms with Crippen molar-refractivity contribution in [3.8, 4) is 0 Å². The quantitative estimate of drug-likeness (QED) is 0.679. The molecule has 5 nitrogen and oxygen atoms in total. The topological polar surface area (TPSA) is 70.1 Å². The highest BCUT2D eigenvalue weighted by molar-refractivity contribution is 7.98. The monoisotopic (exact) mass is 283 g/mol. The van der Waals surface area contributed by atoms with Gasteiger partial charge in [0.25, 0.3) is 0 Å². The Bertz CT molecular complexity index is 453. The molecule has 19 heavy (non-hydrogen) atoms. The molecule has 1 fully saturated rings. The van der Waals surface area contributed by atoms with Crippen LogP contribution in [0.2, 0.25) is 0 Å². The number of carbonyl (C=O) groups is 1. The zero-order valence-corrected chi connectivity index (χ0v) is 12.3. The summed E-state index contributed by atoms with van der Waals surface area (Å²) in [6, 6.07) is 0.322. The van der Waals surface area contributed by atoms with E-state index < -0.39 is 0 Å². The zero-order valence-electron chi connectivity index (χ0n) is 11.5. The Morgan fingerprint density at radius 3 is 2.74 bits per heavy atom. The fraction of sp³-hybridized carbons (Fsp3) is 0.692. The maximum absolute atomic E-state index is 12.0. The van der Waals surface area contributed by atoms with Crippen molar-refractivity contribution in [1.29, 1.82) is 0 Å². The van der Waals surface area contributed by atoms with Gasteiger partial charge in [-0.2, -0.15) is 5.10 Å². The van der Waals surface area contributed by atoms with E-state index in [0.29, 0.717) is 29.1 Å². The molecule has 1 aliphatic carbocycles. The van der Waals surface area contributed by atoms with E-state index in [9.17, 15) is 4.79 Å². The van der Waals surface area contributed by atoms with Crippen molar-refractivity contribution in [2.75, 3.05) is 18.6 Å². The van der Waals surface area contributed by atoms with Crippen molar-refractivity contribution in [3.63, 3.8) is 0 Å². The summed E-state index contributed by atoms with van der Waals surface area (Å²) in [5.74, 6) is 0.0844. The van der Waals surface area contributed by atoms with Gasteiger partial charge in [-0.15, -0.1) is 11.8 Å². The number of carbonyl (C=O) groups excluding carboxylic acids is 1. The number of nitrogens with zero attached hydrogens (tertiary/aromatic N) is 2. The van der Waals surface area contributed by atoms with Crippen LogP contribution in [-0.4, -0.2) is 28.6 Å². The molecule has 1 aliphatic rings. The second-order valence-electron chi connectivity index (χ2n) is 4.73. The molecular formula is C13H21N3O2S.